The molecule has 0 saturated carbocycles. The molecule has 0 aromatic carbocycles. The highest BCUT2D eigenvalue weighted by molar-refractivity contribution is 5.78. The van der Waals surface area contributed by atoms with E-state index in [1.54, 1.807) is 14.2 Å². The number of carbonyl (C=O) groups is 2. The minimum absolute atomic E-state index is 0.339. The van der Waals surface area contributed by atoms with Gasteiger partial charge in [0.2, 0.25) is 0 Å². The van der Waals surface area contributed by atoms with E-state index >= 15 is 0 Å². The number of nitrogens with zero attached hydrogens (tertiary/aromatic N) is 4. The van der Waals surface area contributed by atoms with Gasteiger partial charge in [-0.15, -0.1) is 0 Å². The van der Waals surface area contributed by atoms with Crippen molar-refractivity contribution in [1.29, 1.82) is 0 Å². The lowest BCUT2D eigenvalue weighted by Crippen LogP contribution is -2.41. The molecular formula is C47H91N5O6. The highest BCUT2D eigenvalue weighted by Crippen LogP contribution is 2.33. The van der Waals surface area contributed by atoms with Crippen LogP contribution in [0.3, 0.4) is 0 Å². The number of hydrogen-bond donors (Lipinski definition) is 1. The van der Waals surface area contributed by atoms with Gasteiger partial charge in [0.25, 0.3) is 0 Å². The maximum Gasteiger partial charge on any atom is 0.135 e. The molecular weight excluding hydrogens is 731 g/mol. The van der Waals surface area contributed by atoms with Crippen LogP contribution in [0.5, 0.6) is 0 Å². The highest BCUT2D eigenvalue weighted by atomic mass is 16.5. The standard InChI is InChI=1S/C33H64N4O3.C14H27NO3/c1-39-28-29-40-27-16-33(38)9-8-30-10-21-35(22-11-30)19-6-3-7-20-37-25-14-32(15-26-37)31-12-23-36(24-13-31)18-5-2-4-17-34;1-15-8-5-13(6-9-15)3-4-14(16)7-10-18-12-11-17-2/h30-32H,2-29,34H2,1H3;13H,3-12H2,1-2H3. The van der Waals surface area contributed by atoms with Crippen LogP contribution in [0.15, 0.2) is 0 Å². The molecule has 4 saturated heterocycles. The van der Waals surface area contributed by atoms with Gasteiger partial charge in [0, 0.05) is 39.9 Å². The van der Waals surface area contributed by atoms with Crippen molar-refractivity contribution in [3.63, 3.8) is 0 Å². The summed E-state index contributed by atoms with van der Waals surface area (Å²) in [6, 6.07) is 0. The number of unbranched alkanes of at least 4 members (excludes halogenated alkanes) is 4. The van der Waals surface area contributed by atoms with E-state index in [2.05, 4.69) is 26.6 Å². The summed E-state index contributed by atoms with van der Waals surface area (Å²) in [7, 11) is 5.48. The fourth-order valence-electron chi connectivity index (χ4n) is 9.49. The molecule has 4 rings (SSSR count). The molecule has 0 aliphatic carbocycles. The Morgan fingerprint density at radius 1 is 0.483 bits per heavy atom. The van der Waals surface area contributed by atoms with Crippen LogP contribution >= 0.6 is 0 Å². The van der Waals surface area contributed by atoms with Crippen molar-refractivity contribution in [3.8, 4) is 0 Å². The molecule has 58 heavy (non-hydrogen) atoms. The molecule has 2 N–H and O–H groups in total. The fourth-order valence-corrected chi connectivity index (χ4v) is 9.49. The summed E-state index contributed by atoms with van der Waals surface area (Å²) in [5.74, 6) is 4.15. The quantitative estimate of drug-likeness (QED) is 0.0797. The maximum atomic E-state index is 12.1. The molecule has 0 spiro atoms. The molecule has 0 aromatic rings. The predicted octanol–water partition coefficient (Wildman–Crippen LogP) is 6.55. The van der Waals surface area contributed by atoms with Gasteiger partial charge in [-0.2, -0.15) is 0 Å². The Labute approximate surface area is 356 Å². The molecule has 0 amide bonds. The van der Waals surface area contributed by atoms with E-state index in [-0.39, 0.29) is 0 Å². The van der Waals surface area contributed by atoms with Gasteiger partial charge in [-0.25, -0.2) is 0 Å². The lowest BCUT2D eigenvalue weighted by atomic mass is 9.78. The third-order valence-corrected chi connectivity index (χ3v) is 13.7. The Kier molecular flexibility index (Phi) is 29.7. The second kappa shape index (κ2) is 33.6. The van der Waals surface area contributed by atoms with Crippen molar-refractivity contribution in [1.82, 2.24) is 19.6 Å². The van der Waals surface area contributed by atoms with Crippen LogP contribution in [0.2, 0.25) is 0 Å². The second-order valence-corrected chi connectivity index (χ2v) is 18.2. The van der Waals surface area contributed by atoms with Crippen molar-refractivity contribution in [2.45, 2.75) is 128 Å². The Morgan fingerprint density at radius 3 is 1.26 bits per heavy atom. The topological polar surface area (TPSA) is 110 Å². The Balaban J connectivity index is 0.000000417. The molecule has 0 bridgehead atoms. The summed E-state index contributed by atoms with van der Waals surface area (Å²) in [5, 5.41) is 0. The van der Waals surface area contributed by atoms with Crippen LogP contribution in [0.25, 0.3) is 0 Å². The number of rotatable bonds is 30. The Bertz CT molecular complexity index is 992. The molecule has 4 aliphatic rings. The minimum Gasteiger partial charge on any atom is -0.382 e. The van der Waals surface area contributed by atoms with Gasteiger partial charge < -0.3 is 44.3 Å². The van der Waals surface area contributed by atoms with E-state index in [0.717, 1.165) is 55.9 Å². The van der Waals surface area contributed by atoms with Crippen LogP contribution in [0, 0.1) is 23.7 Å². The SMILES string of the molecule is COCCOCCC(=O)CCC1CCN(C)CC1.COCCOCCC(=O)CCC1CCN(CCCCCN2CCC(C3CCN(CCCCCN)CC3)CC2)CC1. The Morgan fingerprint density at radius 2 is 0.862 bits per heavy atom. The highest BCUT2D eigenvalue weighted by Gasteiger charge is 2.29. The second-order valence-electron chi connectivity index (χ2n) is 18.2. The van der Waals surface area contributed by atoms with Gasteiger partial charge in [-0.3, -0.25) is 9.59 Å². The van der Waals surface area contributed by atoms with E-state index in [9.17, 15) is 9.59 Å². The van der Waals surface area contributed by atoms with E-state index in [1.807, 2.05) is 0 Å². The van der Waals surface area contributed by atoms with E-state index in [0.29, 0.717) is 64.0 Å². The van der Waals surface area contributed by atoms with Crippen molar-refractivity contribution < 1.29 is 28.5 Å². The van der Waals surface area contributed by atoms with Gasteiger partial charge in [0.15, 0.2) is 0 Å². The molecule has 11 nitrogen and oxygen atoms in total. The average molecular weight is 822 g/mol. The largest absolute Gasteiger partial charge is 0.382 e. The van der Waals surface area contributed by atoms with E-state index < -0.39 is 0 Å². The zero-order valence-electron chi connectivity index (χ0n) is 38.0. The molecule has 0 radical (unpaired) electrons. The normalized spacial score (nSPS) is 20.3. The summed E-state index contributed by atoms with van der Waals surface area (Å²) in [6.07, 6.45) is 23.3. The maximum absolute atomic E-state index is 12.1. The molecule has 340 valence electrons. The molecule has 0 aromatic heterocycles. The van der Waals surface area contributed by atoms with Crippen LogP contribution < -0.4 is 5.73 Å². The fraction of sp³-hybridized carbons (Fsp3) is 0.957. The number of piperidine rings is 4. The molecule has 11 heteroatoms. The number of ether oxygens (including phenoxy) is 4. The summed E-state index contributed by atoms with van der Waals surface area (Å²) >= 11 is 0. The number of carbonyl (C=O) groups excluding carboxylic acids is 2. The number of nitrogens with two attached hydrogens (primary N) is 1. The summed E-state index contributed by atoms with van der Waals surface area (Å²) in [6.45, 7) is 18.3. The van der Waals surface area contributed by atoms with Crippen molar-refractivity contribution in [2.24, 2.45) is 29.4 Å². The van der Waals surface area contributed by atoms with Gasteiger partial charge in [-0.1, -0.05) is 12.8 Å². The first-order valence-corrected chi connectivity index (χ1v) is 24.1. The smallest absolute Gasteiger partial charge is 0.135 e. The first-order valence-electron chi connectivity index (χ1n) is 24.1. The minimum atomic E-state index is 0.339. The lowest BCUT2D eigenvalue weighted by Gasteiger charge is -2.40. The van der Waals surface area contributed by atoms with Gasteiger partial charge in [0.05, 0.1) is 39.6 Å². The number of methoxy groups -OCH3 is 2. The molecule has 4 fully saturated rings. The lowest BCUT2D eigenvalue weighted by molar-refractivity contribution is -0.121. The molecule has 4 aliphatic heterocycles. The van der Waals surface area contributed by atoms with Crippen LogP contribution in [-0.4, -0.2) is 171 Å². The Hall–Kier alpha value is -1.02. The molecule has 4 heterocycles. The monoisotopic (exact) mass is 822 g/mol. The average Bonchev–Trinajstić information content (AvgIpc) is 3.25. The summed E-state index contributed by atoms with van der Waals surface area (Å²) in [4.78, 5) is 34.3. The van der Waals surface area contributed by atoms with E-state index in [4.69, 9.17) is 24.7 Å². The molecule has 0 unspecified atom stereocenters. The zero-order valence-corrected chi connectivity index (χ0v) is 38.0. The third kappa shape index (κ3) is 24.4. The van der Waals surface area contributed by atoms with Gasteiger partial charge >= 0.3 is 0 Å². The zero-order chi connectivity index (χ0) is 41.5. The summed E-state index contributed by atoms with van der Waals surface area (Å²) in [5.41, 5.74) is 5.63. The van der Waals surface area contributed by atoms with Crippen molar-refractivity contribution >= 4 is 11.6 Å². The van der Waals surface area contributed by atoms with E-state index in [1.165, 1.54) is 162 Å². The van der Waals surface area contributed by atoms with Crippen molar-refractivity contribution in [2.75, 3.05) is 139 Å². The van der Waals surface area contributed by atoms with Crippen LogP contribution in [-0.2, 0) is 28.5 Å². The summed E-state index contributed by atoms with van der Waals surface area (Å²) < 4.78 is 20.6. The van der Waals surface area contributed by atoms with Gasteiger partial charge in [0.1, 0.15) is 11.6 Å². The molecule has 0 atom stereocenters. The van der Waals surface area contributed by atoms with Crippen LogP contribution in [0.1, 0.15) is 128 Å². The van der Waals surface area contributed by atoms with Crippen LogP contribution in [0.4, 0.5) is 0 Å². The van der Waals surface area contributed by atoms with Gasteiger partial charge in [-0.05, 0) is 199 Å². The first kappa shape index (κ1) is 51.3. The first-order chi connectivity index (χ1) is 28.4. The number of Topliss-reactive ketones (excluding diaryl/α,β-unsaturated/α-hetero) is 2. The third-order valence-electron chi connectivity index (χ3n) is 13.7. The number of ketones is 2. The van der Waals surface area contributed by atoms with Crippen molar-refractivity contribution in [3.05, 3.63) is 0 Å². The number of hydrogen-bond acceptors (Lipinski definition) is 11. The number of likely N-dealkylation sites (tertiary alicyclic amines) is 4. The predicted molar refractivity (Wildman–Crippen MR) is 238 cm³/mol.